The molecule has 2 N–H and O–H groups in total. The van der Waals surface area contributed by atoms with Crippen LogP contribution in [0.25, 0.3) is 10.9 Å². The monoisotopic (exact) mass is 238 g/mol. The highest BCUT2D eigenvalue weighted by atomic mass is 15.0. The van der Waals surface area contributed by atoms with E-state index in [2.05, 4.69) is 40.5 Å². The summed E-state index contributed by atoms with van der Waals surface area (Å²) in [5, 5.41) is 4.89. The van der Waals surface area contributed by atoms with Gasteiger partial charge in [0.15, 0.2) is 0 Å². The molecule has 2 heteroatoms. The fourth-order valence-electron chi connectivity index (χ4n) is 2.93. The molecule has 1 aliphatic rings. The molecule has 0 fully saturated rings. The molecular weight excluding hydrogens is 220 g/mol. The van der Waals surface area contributed by atoms with Crippen LogP contribution in [0.2, 0.25) is 0 Å². The van der Waals surface area contributed by atoms with Crippen molar-refractivity contribution in [1.29, 1.82) is 0 Å². The molecular formula is C16H18N2. The van der Waals surface area contributed by atoms with Crippen LogP contribution in [0, 0.1) is 12.3 Å². The van der Waals surface area contributed by atoms with Gasteiger partial charge in [0, 0.05) is 22.6 Å². The summed E-state index contributed by atoms with van der Waals surface area (Å²) in [6, 6.07) is 9.03. The third-order valence-corrected chi connectivity index (χ3v) is 3.82. The Morgan fingerprint density at radius 2 is 2.28 bits per heavy atom. The molecule has 1 aliphatic carbocycles. The van der Waals surface area contributed by atoms with Gasteiger partial charge < -0.3 is 4.98 Å². The summed E-state index contributed by atoms with van der Waals surface area (Å²) in [5.41, 5.74) is 4.05. The first-order valence-electron chi connectivity index (χ1n) is 6.61. The minimum Gasteiger partial charge on any atom is -0.357 e. The predicted molar refractivity (Wildman–Crippen MR) is 75.4 cm³/mol. The van der Waals surface area contributed by atoms with Crippen molar-refractivity contribution in [3.63, 3.8) is 0 Å². The molecule has 1 heterocycles. The number of aromatic amines is 1. The van der Waals surface area contributed by atoms with Gasteiger partial charge in [-0.15, -0.1) is 6.42 Å². The van der Waals surface area contributed by atoms with Crippen molar-refractivity contribution in [2.24, 2.45) is 0 Å². The van der Waals surface area contributed by atoms with Crippen LogP contribution in [0.4, 0.5) is 0 Å². The van der Waals surface area contributed by atoms with Crippen LogP contribution in [-0.2, 0) is 6.42 Å². The molecule has 0 spiro atoms. The lowest BCUT2D eigenvalue weighted by molar-refractivity contribution is 0.439. The zero-order chi connectivity index (χ0) is 12.5. The Bertz CT molecular complexity index is 603. The van der Waals surface area contributed by atoms with E-state index in [9.17, 15) is 0 Å². The SMILES string of the molecule is C#CC(C)NC1CCCc2c1[nH]c1ccccc21. The van der Waals surface area contributed by atoms with Crippen LogP contribution in [0.15, 0.2) is 24.3 Å². The number of terminal acetylenes is 1. The van der Waals surface area contributed by atoms with Gasteiger partial charge >= 0.3 is 0 Å². The summed E-state index contributed by atoms with van der Waals surface area (Å²) in [6.07, 6.45) is 9.01. The van der Waals surface area contributed by atoms with E-state index >= 15 is 0 Å². The fourth-order valence-corrected chi connectivity index (χ4v) is 2.93. The molecule has 2 unspecified atom stereocenters. The van der Waals surface area contributed by atoms with Crippen molar-refractivity contribution in [3.05, 3.63) is 35.5 Å². The van der Waals surface area contributed by atoms with Crippen LogP contribution >= 0.6 is 0 Å². The molecule has 92 valence electrons. The number of fused-ring (bicyclic) bond motifs is 3. The van der Waals surface area contributed by atoms with Gasteiger partial charge in [-0.1, -0.05) is 24.1 Å². The Balaban J connectivity index is 2.03. The van der Waals surface area contributed by atoms with Gasteiger partial charge in [0.05, 0.1) is 6.04 Å². The van der Waals surface area contributed by atoms with Gasteiger partial charge in [0.2, 0.25) is 0 Å². The van der Waals surface area contributed by atoms with Gasteiger partial charge in [-0.3, -0.25) is 5.32 Å². The second-order valence-corrected chi connectivity index (χ2v) is 5.06. The lowest BCUT2D eigenvalue weighted by Crippen LogP contribution is -2.31. The van der Waals surface area contributed by atoms with Crippen LogP contribution in [-0.4, -0.2) is 11.0 Å². The fraction of sp³-hybridized carbons (Fsp3) is 0.375. The van der Waals surface area contributed by atoms with Crippen LogP contribution in [0.3, 0.4) is 0 Å². The molecule has 18 heavy (non-hydrogen) atoms. The van der Waals surface area contributed by atoms with Crippen molar-refractivity contribution in [1.82, 2.24) is 10.3 Å². The first kappa shape index (κ1) is 11.4. The number of hydrogen-bond acceptors (Lipinski definition) is 1. The Hall–Kier alpha value is -1.72. The highest BCUT2D eigenvalue weighted by molar-refractivity contribution is 5.85. The van der Waals surface area contributed by atoms with E-state index in [0.717, 1.165) is 6.42 Å². The summed E-state index contributed by atoms with van der Waals surface area (Å²) in [6.45, 7) is 2.04. The number of nitrogens with one attached hydrogen (secondary N) is 2. The Labute approximate surface area is 108 Å². The molecule has 2 nitrogen and oxygen atoms in total. The third-order valence-electron chi connectivity index (χ3n) is 3.82. The molecule has 0 saturated heterocycles. The number of H-pyrrole nitrogens is 1. The Morgan fingerprint density at radius 1 is 1.44 bits per heavy atom. The number of aromatic nitrogens is 1. The molecule has 2 aromatic rings. The topological polar surface area (TPSA) is 27.8 Å². The molecule has 2 atom stereocenters. The van der Waals surface area contributed by atoms with Crippen molar-refractivity contribution in [3.8, 4) is 12.3 Å². The lowest BCUT2D eigenvalue weighted by Gasteiger charge is -2.25. The molecule has 0 saturated carbocycles. The maximum Gasteiger partial charge on any atom is 0.0663 e. The molecule has 0 bridgehead atoms. The number of rotatable bonds is 2. The zero-order valence-electron chi connectivity index (χ0n) is 10.7. The molecule has 0 radical (unpaired) electrons. The first-order valence-corrected chi connectivity index (χ1v) is 6.61. The average Bonchev–Trinajstić information content (AvgIpc) is 2.78. The van der Waals surface area contributed by atoms with E-state index in [1.165, 1.54) is 35.0 Å². The number of para-hydroxylation sites is 1. The predicted octanol–water partition coefficient (Wildman–Crippen LogP) is 3.16. The number of hydrogen-bond donors (Lipinski definition) is 2. The minimum atomic E-state index is 0.118. The summed E-state index contributed by atoms with van der Waals surface area (Å²) in [5.74, 6) is 2.75. The Morgan fingerprint density at radius 3 is 3.11 bits per heavy atom. The van der Waals surface area contributed by atoms with E-state index in [1.54, 1.807) is 0 Å². The second-order valence-electron chi connectivity index (χ2n) is 5.06. The Kier molecular flexibility index (Phi) is 2.85. The molecule has 0 aliphatic heterocycles. The standard InChI is InChI=1S/C16H18N2/c1-3-11(2)17-15-10-6-8-13-12-7-4-5-9-14(12)18-16(13)15/h1,4-5,7,9,11,15,17-18H,6,8,10H2,2H3. The van der Waals surface area contributed by atoms with Gasteiger partial charge in [-0.05, 0) is 37.8 Å². The van der Waals surface area contributed by atoms with E-state index in [4.69, 9.17) is 6.42 Å². The summed E-state index contributed by atoms with van der Waals surface area (Å²) < 4.78 is 0. The van der Waals surface area contributed by atoms with Crippen molar-refractivity contribution >= 4 is 10.9 Å². The first-order chi connectivity index (χ1) is 8.79. The summed E-state index contributed by atoms with van der Waals surface area (Å²) in [7, 11) is 0. The van der Waals surface area contributed by atoms with Crippen LogP contribution < -0.4 is 5.32 Å². The van der Waals surface area contributed by atoms with E-state index in [-0.39, 0.29) is 6.04 Å². The van der Waals surface area contributed by atoms with Crippen LogP contribution in [0.5, 0.6) is 0 Å². The largest absolute Gasteiger partial charge is 0.357 e. The summed E-state index contributed by atoms with van der Waals surface area (Å²) in [4.78, 5) is 3.56. The zero-order valence-corrected chi connectivity index (χ0v) is 10.7. The molecule has 0 amide bonds. The van der Waals surface area contributed by atoms with Gasteiger partial charge in [0.25, 0.3) is 0 Å². The van der Waals surface area contributed by atoms with Crippen molar-refractivity contribution < 1.29 is 0 Å². The van der Waals surface area contributed by atoms with E-state index in [1.807, 2.05) is 6.92 Å². The number of aryl methyl sites for hydroxylation is 1. The number of benzene rings is 1. The van der Waals surface area contributed by atoms with Gasteiger partial charge in [0.1, 0.15) is 0 Å². The van der Waals surface area contributed by atoms with Gasteiger partial charge in [-0.2, -0.15) is 0 Å². The summed E-state index contributed by atoms with van der Waals surface area (Å²) >= 11 is 0. The van der Waals surface area contributed by atoms with E-state index < -0.39 is 0 Å². The minimum absolute atomic E-state index is 0.118. The molecule has 1 aromatic carbocycles. The quantitative estimate of drug-likeness (QED) is 0.773. The maximum atomic E-state index is 5.46. The average molecular weight is 238 g/mol. The van der Waals surface area contributed by atoms with Crippen LogP contribution in [0.1, 0.15) is 37.1 Å². The smallest absolute Gasteiger partial charge is 0.0663 e. The maximum absolute atomic E-state index is 5.46. The normalized spacial score (nSPS) is 20.3. The highest BCUT2D eigenvalue weighted by Gasteiger charge is 2.24. The lowest BCUT2D eigenvalue weighted by atomic mass is 9.91. The van der Waals surface area contributed by atoms with Gasteiger partial charge in [-0.25, -0.2) is 0 Å². The van der Waals surface area contributed by atoms with E-state index in [0.29, 0.717) is 6.04 Å². The van der Waals surface area contributed by atoms with Crippen molar-refractivity contribution in [2.45, 2.75) is 38.3 Å². The second kappa shape index (κ2) is 4.51. The molecule has 3 rings (SSSR count). The third kappa shape index (κ3) is 1.81. The molecule has 1 aromatic heterocycles. The van der Waals surface area contributed by atoms with Crippen molar-refractivity contribution in [2.75, 3.05) is 0 Å². The highest BCUT2D eigenvalue weighted by Crippen LogP contribution is 2.34.